The molecule has 1 saturated heterocycles. The van der Waals surface area contributed by atoms with Crippen LogP contribution in [0, 0.1) is 5.92 Å². The molecule has 2 aliphatic rings. The quantitative estimate of drug-likeness (QED) is 0.831. The Balaban J connectivity index is 1.64. The van der Waals surface area contributed by atoms with Gasteiger partial charge in [0.15, 0.2) is 5.82 Å². The molecule has 1 aromatic rings. The maximum Gasteiger partial charge on any atom is 0.226 e. The molecule has 1 unspecified atom stereocenters. The Kier molecular flexibility index (Phi) is 4.80. The first-order chi connectivity index (χ1) is 11.1. The lowest BCUT2D eigenvalue weighted by Crippen LogP contribution is -2.44. The molecule has 126 valence electrons. The van der Waals surface area contributed by atoms with E-state index in [4.69, 9.17) is 4.74 Å². The molecule has 1 amide bonds. The van der Waals surface area contributed by atoms with Gasteiger partial charge in [0.05, 0.1) is 17.8 Å². The van der Waals surface area contributed by atoms with Crippen LogP contribution in [-0.4, -0.2) is 54.4 Å². The van der Waals surface area contributed by atoms with E-state index in [-0.39, 0.29) is 24.0 Å². The van der Waals surface area contributed by atoms with Crippen LogP contribution < -0.4 is 4.90 Å². The zero-order valence-corrected chi connectivity index (χ0v) is 14.2. The van der Waals surface area contributed by atoms with Gasteiger partial charge in [-0.3, -0.25) is 4.79 Å². The summed E-state index contributed by atoms with van der Waals surface area (Å²) in [4.78, 5) is 16.7. The van der Waals surface area contributed by atoms with Gasteiger partial charge >= 0.3 is 0 Å². The number of carbonyl (C=O) groups is 1. The minimum absolute atomic E-state index is 0.0809. The first-order valence-corrected chi connectivity index (χ1v) is 8.53. The number of amides is 1. The molecule has 1 atom stereocenters. The highest BCUT2D eigenvalue weighted by atomic mass is 16.5. The number of nitrogens with zero attached hydrogens (tertiary/aromatic N) is 4. The zero-order chi connectivity index (χ0) is 16.4. The number of aromatic nitrogens is 2. The van der Waals surface area contributed by atoms with Gasteiger partial charge in [-0.2, -0.15) is 5.10 Å². The van der Waals surface area contributed by atoms with Gasteiger partial charge in [0.2, 0.25) is 5.91 Å². The summed E-state index contributed by atoms with van der Waals surface area (Å²) in [7, 11) is 3.89. The van der Waals surface area contributed by atoms with Crippen LogP contribution in [-0.2, 0) is 9.53 Å². The van der Waals surface area contributed by atoms with Gasteiger partial charge in [0.1, 0.15) is 0 Å². The third-order valence-electron chi connectivity index (χ3n) is 4.85. The summed E-state index contributed by atoms with van der Waals surface area (Å²) in [6, 6.07) is 4.05. The number of likely N-dealkylation sites (tertiary alicyclic amines) is 1. The maximum atomic E-state index is 12.8. The molecule has 2 heterocycles. The van der Waals surface area contributed by atoms with Gasteiger partial charge in [0.25, 0.3) is 0 Å². The third kappa shape index (κ3) is 3.32. The van der Waals surface area contributed by atoms with E-state index in [9.17, 15) is 4.79 Å². The minimum Gasteiger partial charge on any atom is -0.378 e. The summed E-state index contributed by atoms with van der Waals surface area (Å²) >= 11 is 0. The molecule has 0 radical (unpaired) electrons. The Morgan fingerprint density at radius 2 is 2.13 bits per heavy atom. The average Bonchev–Trinajstić information content (AvgIpc) is 2.99. The number of hydrogen-bond donors (Lipinski definition) is 0. The summed E-state index contributed by atoms with van der Waals surface area (Å²) < 4.78 is 5.57. The number of anilines is 1. The van der Waals surface area contributed by atoms with Crippen molar-refractivity contribution in [2.24, 2.45) is 5.92 Å². The lowest BCUT2D eigenvalue weighted by molar-refractivity contribution is -0.145. The zero-order valence-electron chi connectivity index (χ0n) is 14.2. The molecule has 2 fully saturated rings. The first-order valence-electron chi connectivity index (χ1n) is 8.53. The van der Waals surface area contributed by atoms with Gasteiger partial charge in [-0.05, 0) is 44.7 Å². The lowest BCUT2D eigenvalue weighted by atomic mass is 9.81. The third-order valence-corrected chi connectivity index (χ3v) is 4.85. The topological polar surface area (TPSA) is 58.6 Å². The highest BCUT2D eigenvalue weighted by molar-refractivity contribution is 5.80. The Morgan fingerprint density at radius 1 is 1.35 bits per heavy atom. The van der Waals surface area contributed by atoms with Crippen LogP contribution in [0.15, 0.2) is 12.1 Å². The Labute approximate surface area is 137 Å². The van der Waals surface area contributed by atoms with Crippen molar-refractivity contribution in [1.29, 1.82) is 0 Å². The summed E-state index contributed by atoms with van der Waals surface area (Å²) in [5.74, 6) is 1.23. The summed E-state index contributed by atoms with van der Waals surface area (Å²) in [5, 5.41) is 8.60. The van der Waals surface area contributed by atoms with Crippen molar-refractivity contribution in [3.05, 3.63) is 17.8 Å². The van der Waals surface area contributed by atoms with E-state index in [1.807, 2.05) is 43.0 Å². The highest BCUT2D eigenvalue weighted by Gasteiger charge is 2.41. The second-order valence-corrected chi connectivity index (χ2v) is 6.65. The molecular formula is C17H26N4O2. The molecule has 0 bridgehead atoms. The molecule has 0 aromatic carbocycles. The van der Waals surface area contributed by atoms with E-state index < -0.39 is 0 Å². The van der Waals surface area contributed by atoms with E-state index in [1.165, 1.54) is 0 Å². The highest BCUT2D eigenvalue weighted by Crippen LogP contribution is 2.37. The van der Waals surface area contributed by atoms with Gasteiger partial charge in [-0.15, -0.1) is 5.10 Å². The molecule has 6 heteroatoms. The molecule has 3 rings (SSSR count). The Morgan fingerprint density at radius 3 is 2.74 bits per heavy atom. The molecule has 0 N–H and O–H groups in total. The molecule has 1 saturated carbocycles. The predicted octanol–water partition coefficient (Wildman–Crippen LogP) is 2.02. The van der Waals surface area contributed by atoms with E-state index in [2.05, 4.69) is 10.2 Å². The van der Waals surface area contributed by atoms with Crippen molar-refractivity contribution in [3.8, 4) is 0 Å². The van der Waals surface area contributed by atoms with E-state index in [1.54, 1.807) is 0 Å². The van der Waals surface area contributed by atoms with Gasteiger partial charge in [-0.1, -0.05) is 0 Å². The Bertz CT molecular complexity index is 540. The largest absolute Gasteiger partial charge is 0.378 e. The van der Waals surface area contributed by atoms with Crippen molar-refractivity contribution < 1.29 is 9.53 Å². The summed E-state index contributed by atoms with van der Waals surface area (Å²) in [6.07, 6.45) is 4.01. The fourth-order valence-electron chi connectivity index (χ4n) is 3.46. The van der Waals surface area contributed by atoms with E-state index in [0.29, 0.717) is 0 Å². The number of hydrogen-bond acceptors (Lipinski definition) is 5. The van der Waals surface area contributed by atoms with Crippen LogP contribution in [0.4, 0.5) is 5.82 Å². The lowest BCUT2D eigenvalue weighted by Gasteiger charge is -2.37. The SMILES string of the molecule is CCOC1CC(C(=O)N2CCCC2c2ccc(N(C)C)nn2)C1. The standard InChI is InChI=1S/C17H26N4O2/c1-4-23-13-10-12(11-13)17(22)21-9-5-6-15(21)14-7-8-16(19-18-14)20(2)3/h7-8,12-13,15H,4-6,9-11H2,1-3H3. The van der Waals surface area contributed by atoms with Crippen LogP contribution in [0.1, 0.15) is 44.3 Å². The van der Waals surface area contributed by atoms with Crippen LogP contribution in [0.2, 0.25) is 0 Å². The molecule has 6 nitrogen and oxygen atoms in total. The van der Waals surface area contributed by atoms with Crippen molar-refractivity contribution >= 4 is 11.7 Å². The van der Waals surface area contributed by atoms with Crippen molar-refractivity contribution in [3.63, 3.8) is 0 Å². The normalized spacial score (nSPS) is 26.9. The molecule has 1 aliphatic heterocycles. The van der Waals surface area contributed by atoms with Crippen LogP contribution in [0.25, 0.3) is 0 Å². The molecular weight excluding hydrogens is 292 g/mol. The van der Waals surface area contributed by atoms with E-state index >= 15 is 0 Å². The van der Waals surface area contributed by atoms with Gasteiger partial charge < -0.3 is 14.5 Å². The fraction of sp³-hybridized carbons (Fsp3) is 0.706. The summed E-state index contributed by atoms with van der Waals surface area (Å²) in [6.45, 7) is 3.56. The first kappa shape index (κ1) is 16.2. The second kappa shape index (κ2) is 6.83. The maximum absolute atomic E-state index is 12.8. The van der Waals surface area contributed by atoms with Crippen LogP contribution in [0.5, 0.6) is 0 Å². The number of carbonyl (C=O) groups excluding carboxylic acids is 1. The monoisotopic (exact) mass is 318 g/mol. The molecule has 1 aliphatic carbocycles. The molecule has 1 aromatic heterocycles. The van der Waals surface area contributed by atoms with Crippen LogP contribution in [0.3, 0.4) is 0 Å². The van der Waals surface area contributed by atoms with Crippen molar-refractivity contribution in [2.45, 2.75) is 44.8 Å². The van der Waals surface area contributed by atoms with Crippen LogP contribution >= 0.6 is 0 Å². The smallest absolute Gasteiger partial charge is 0.226 e. The molecule has 0 spiro atoms. The fourth-order valence-corrected chi connectivity index (χ4v) is 3.46. The summed E-state index contributed by atoms with van der Waals surface area (Å²) in [5.41, 5.74) is 0.905. The van der Waals surface area contributed by atoms with E-state index in [0.717, 1.165) is 50.3 Å². The van der Waals surface area contributed by atoms with Gasteiger partial charge in [0, 0.05) is 33.2 Å². The van der Waals surface area contributed by atoms with Crippen molar-refractivity contribution in [2.75, 3.05) is 32.1 Å². The van der Waals surface area contributed by atoms with Crippen molar-refractivity contribution in [1.82, 2.24) is 15.1 Å². The number of rotatable bonds is 5. The molecule has 23 heavy (non-hydrogen) atoms. The minimum atomic E-state index is 0.0809. The van der Waals surface area contributed by atoms with Gasteiger partial charge in [-0.25, -0.2) is 0 Å². The Hall–Kier alpha value is -1.69. The second-order valence-electron chi connectivity index (χ2n) is 6.65. The predicted molar refractivity (Wildman–Crippen MR) is 88.2 cm³/mol. The average molecular weight is 318 g/mol. The number of ether oxygens (including phenoxy) is 1.